The Morgan fingerprint density at radius 3 is 2.49 bits per heavy atom. The molecule has 10 heteroatoms. The molecule has 194 valence electrons. The average molecular weight is 495 g/mol. The summed E-state index contributed by atoms with van der Waals surface area (Å²) in [6, 6.07) is 0. The summed E-state index contributed by atoms with van der Waals surface area (Å²) in [5.41, 5.74) is 2.70. The largest absolute Gasteiger partial charge is 0.479 e. The number of oxime groups is 2. The number of rotatable bonds is 7. The number of aliphatic carboxylic acids is 1. The number of aliphatic hydroxyl groups excluding tert-OH is 1. The van der Waals surface area contributed by atoms with Gasteiger partial charge in [-0.1, -0.05) is 29.7 Å². The predicted molar refractivity (Wildman–Crippen MR) is 124 cm³/mol. The summed E-state index contributed by atoms with van der Waals surface area (Å²) >= 11 is 0. The van der Waals surface area contributed by atoms with Gasteiger partial charge in [0, 0.05) is 16.4 Å². The molecule has 4 aliphatic carbocycles. The summed E-state index contributed by atoms with van der Waals surface area (Å²) in [7, 11) is 0. The number of nitrogens with zero attached hydrogens (tertiary/aromatic N) is 2. The van der Waals surface area contributed by atoms with Gasteiger partial charge in [0.1, 0.15) is 0 Å². The highest BCUT2D eigenvalue weighted by atomic mass is 19.3. The minimum absolute atomic E-state index is 0.0160. The normalized spacial score (nSPS) is 39.7. The van der Waals surface area contributed by atoms with Crippen molar-refractivity contribution in [1.29, 1.82) is 0 Å². The lowest BCUT2D eigenvalue weighted by Crippen LogP contribution is -2.52. The summed E-state index contributed by atoms with van der Waals surface area (Å²) in [5.74, 6) is -1.38. The third-order valence-corrected chi connectivity index (χ3v) is 9.24. The summed E-state index contributed by atoms with van der Waals surface area (Å²) in [6.45, 7) is 5.37. The van der Waals surface area contributed by atoms with E-state index in [9.17, 15) is 19.2 Å². The smallest absolute Gasteiger partial charge is 0.388 e. The van der Waals surface area contributed by atoms with E-state index in [1.54, 1.807) is 0 Å². The van der Waals surface area contributed by atoms with Crippen molar-refractivity contribution in [3.8, 4) is 0 Å². The Morgan fingerprint density at radius 1 is 1.06 bits per heavy atom. The standard InChI is InChI=1S/C25H35FN2O7/c1-14(27-34-13-23(32)35-26)17-4-5-18-16-11-21(28-33-12-22(30)31)20-10-15(29)6-8-25(20,3)19(16)7-9-24(17,18)2/h11,15,17-20,29H,4-10,12-13H2,1-3H3,(H,30,31)/b27-14-,28-21+. The molecule has 7 unspecified atom stereocenters. The maximum absolute atomic E-state index is 11.9. The van der Waals surface area contributed by atoms with Crippen LogP contribution in [0.15, 0.2) is 22.0 Å². The minimum Gasteiger partial charge on any atom is -0.479 e. The number of carbonyl (C=O) groups excluding carboxylic acids is 1. The van der Waals surface area contributed by atoms with Gasteiger partial charge in [-0.2, -0.15) is 0 Å². The molecule has 4 aliphatic rings. The SMILES string of the molecule is C/C(=N/OCC(=O)OF)C1CCC2C3=C/C(=N\OCC(=O)O)C4CC(O)CCC4(C)C3CCC21C. The van der Waals surface area contributed by atoms with Crippen LogP contribution >= 0.6 is 0 Å². The van der Waals surface area contributed by atoms with Crippen LogP contribution in [-0.2, 0) is 24.2 Å². The van der Waals surface area contributed by atoms with Gasteiger partial charge < -0.3 is 19.9 Å². The molecule has 0 bridgehead atoms. The van der Waals surface area contributed by atoms with E-state index in [0.29, 0.717) is 18.3 Å². The van der Waals surface area contributed by atoms with E-state index in [2.05, 4.69) is 35.2 Å². The Morgan fingerprint density at radius 2 is 1.77 bits per heavy atom. The quantitative estimate of drug-likeness (QED) is 0.407. The Hall–Kier alpha value is -2.49. The van der Waals surface area contributed by atoms with Crippen LogP contribution in [-0.4, -0.2) is 52.9 Å². The number of fused-ring (bicyclic) bond motifs is 5. The van der Waals surface area contributed by atoms with Crippen molar-refractivity contribution in [2.75, 3.05) is 13.2 Å². The predicted octanol–water partition coefficient (Wildman–Crippen LogP) is 3.81. The van der Waals surface area contributed by atoms with Crippen molar-refractivity contribution < 1.29 is 38.9 Å². The molecular weight excluding hydrogens is 459 g/mol. The molecule has 0 heterocycles. The van der Waals surface area contributed by atoms with Crippen LogP contribution in [0.3, 0.4) is 0 Å². The zero-order valence-electron chi connectivity index (χ0n) is 20.5. The topological polar surface area (TPSA) is 127 Å². The maximum Gasteiger partial charge on any atom is 0.388 e. The summed E-state index contributed by atoms with van der Waals surface area (Å²) < 4.78 is 11.9. The molecule has 3 saturated carbocycles. The first-order valence-corrected chi connectivity index (χ1v) is 12.4. The third-order valence-electron chi connectivity index (χ3n) is 9.24. The van der Waals surface area contributed by atoms with E-state index >= 15 is 0 Å². The summed E-state index contributed by atoms with van der Waals surface area (Å²) in [4.78, 5) is 35.3. The maximum atomic E-state index is 11.9. The van der Waals surface area contributed by atoms with Crippen molar-refractivity contribution >= 4 is 23.4 Å². The zero-order chi connectivity index (χ0) is 25.4. The van der Waals surface area contributed by atoms with Crippen LogP contribution < -0.4 is 0 Å². The number of carboxylic acid groups (broad SMARTS) is 1. The second-order valence-corrected chi connectivity index (χ2v) is 11.0. The number of carboxylic acids is 1. The second-order valence-electron chi connectivity index (χ2n) is 11.0. The average Bonchev–Trinajstić information content (AvgIpc) is 3.17. The van der Waals surface area contributed by atoms with Crippen molar-refractivity contribution in [2.45, 2.75) is 71.8 Å². The molecule has 0 aromatic carbocycles. The summed E-state index contributed by atoms with van der Waals surface area (Å²) in [6.07, 6.45) is 7.84. The van der Waals surface area contributed by atoms with Gasteiger partial charge in [0.05, 0.1) is 17.5 Å². The van der Waals surface area contributed by atoms with E-state index in [1.807, 2.05) is 6.92 Å². The molecule has 0 aromatic heterocycles. The lowest BCUT2D eigenvalue weighted by atomic mass is 9.47. The number of hydrogen-bond acceptors (Lipinski definition) is 8. The van der Waals surface area contributed by atoms with Crippen LogP contribution in [0.2, 0.25) is 0 Å². The minimum atomic E-state index is -1.12. The molecule has 0 aromatic rings. The van der Waals surface area contributed by atoms with E-state index in [0.717, 1.165) is 49.9 Å². The van der Waals surface area contributed by atoms with Crippen LogP contribution in [0.25, 0.3) is 0 Å². The first-order chi connectivity index (χ1) is 16.6. The van der Waals surface area contributed by atoms with Crippen LogP contribution in [0.4, 0.5) is 4.53 Å². The number of aliphatic hydroxyl groups is 1. The number of allylic oxidation sites excluding steroid dienone is 2. The number of carbonyl (C=O) groups is 2. The highest BCUT2D eigenvalue weighted by Gasteiger charge is 2.59. The molecule has 0 radical (unpaired) electrons. The molecule has 7 atom stereocenters. The third kappa shape index (κ3) is 4.69. The fourth-order valence-corrected chi connectivity index (χ4v) is 7.58. The van der Waals surface area contributed by atoms with Crippen LogP contribution in [0.5, 0.6) is 0 Å². The Kier molecular flexibility index (Phi) is 7.22. The van der Waals surface area contributed by atoms with Gasteiger partial charge in [0.25, 0.3) is 0 Å². The highest BCUT2D eigenvalue weighted by Crippen LogP contribution is 2.65. The van der Waals surface area contributed by atoms with Crippen LogP contribution in [0.1, 0.15) is 65.7 Å². The van der Waals surface area contributed by atoms with Gasteiger partial charge in [-0.05, 0) is 80.6 Å². The number of halogens is 1. The summed E-state index contributed by atoms with van der Waals surface area (Å²) in [5, 5.41) is 27.8. The molecule has 0 amide bonds. The van der Waals surface area contributed by atoms with Crippen molar-refractivity contribution in [1.82, 2.24) is 0 Å². The molecule has 0 aliphatic heterocycles. The zero-order valence-corrected chi connectivity index (χ0v) is 20.5. The van der Waals surface area contributed by atoms with Gasteiger partial charge in [-0.3, -0.25) is 4.94 Å². The lowest BCUT2D eigenvalue weighted by molar-refractivity contribution is -0.188. The molecule has 35 heavy (non-hydrogen) atoms. The van der Waals surface area contributed by atoms with Crippen molar-refractivity contribution in [3.63, 3.8) is 0 Å². The molecular formula is C25H35FN2O7. The first kappa shape index (κ1) is 25.6. The second kappa shape index (κ2) is 9.87. The van der Waals surface area contributed by atoms with Gasteiger partial charge in [-0.25, -0.2) is 9.59 Å². The molecule has 3 fully saturated rings. The Labute approximate surface area is 204 Å². The van der Waals surface area contributed by atoms with E-state index in [-0.39, 0.29) is 22.7 Å². The molecule has 4 rings (SSSR count). The first-order valence-electron chi connectivity index (χ1n) is 12.4. The van der Waals surface area contributed by atoms with Gasteiger partial charge in [-0.15, -0.1) is 0 Å². The van der Waals surface area contributed by atoms with Crippen LogP contribution in [0, 0.1) is 34.5 Å². The van der Waals surface area contributed by atoms with Crippen molar-refractivity contribution in [3.05, 3.63) is 11.6 Å². The van der Waals surface area contributed by atoms with E-state index in [1.165, 1.54) is 5.57 Å². The lowest BCUT2D eigenvalue weighted by Gasteiger charge is -2.57. The van der Waals surface area contributed by atoms with Gasteiger partial charge >= 0.3 is 11.9 Å². The fourth-order valence-electron chi connectivity index (χ4n) is 7.58. The number of hydrogen-bond donors (Lipinski definition) is 2. The molecule has 0 saturated heterocycles. The van der Waals surface area contributed by atoms with Crippen molar-refractivity contribution in [2.24, 2.45) is 44.8 Å². The molecule has 0 spiro atoms. The molecule has 2 N–H and O–H groups in total. The van der Waals surface area contributed by atoms with Gasteiger partial charge in [0.2, 0.25) is 13.2 Å². The fraction of sp³-hybridized carbons (Fsp3) is 0.760. The monoisotopic (exact) mass is 494 g/mol. The van der Waals surface area contributed by atoms with E-state index < -0.39 is 31.3 Å². The van der Waals surface area contributed by atoms with Gasteiger partial charge in [0.15, 0.2) is 0 Å². The highest BCUT2D eigenvalue weighted by molar-refractivity contribution is 5.99. The van der Waals surface area contributed by atoms with E-state index in [4.69, 9.17) is 14.8 Å². The molecule has 9 nitrogen and oxygen atoms in total. The Balaban J connectivity index is 1.63. The Bertz CT molecular complexity index is 950.